The van der Waals surface area contributed by atoms with E-state index in [4.69, 9.17) is 0 Å². The van der Waals surface area contributed by atoms with E-state index in [-0.39, 0.29) is 120 Å². The van der Waals surface area contributed by atoms with E-state index in [0.29, 0.717) is 0 Å². The van der Waals surface area contributed by atoms with Crippen molar-refractivity contribution in [3.8, 4) is 17.2 Å². The largest absolute Gasteiger partial charge is 1.00 e. The Kier molecular flexibility index (Phi) is 9.38. The Hall–Kier alpha value is 0.333. The van der Waals surface area contributed by atoms with E-state index >= 15 is 0 Å². The van der Waals surface area contributed by atoms with E-state index in [1.165, 1.54) is 36.4 Å². The van der Waals surface area contributed by atoms with Gasteiger partial charge < -0.3 is 15.3 Å². The molecule has 0 radical (unpaired) electrons. The molecule has 0 aliphatic rings. The maximum absolute atomic E-state index is 11.4. The fourth-order valence-electron chi connectivity index (χ4n) is 2.86. The standard InChI is InChI=1S/C20H18O3.2K/c1-20(14-2-8-17(21)9-3-14,15-4-10-18(22)11-5-15)16-6-12-19(23)13-7-16;;/h2-13,21-23H,1H3;;/q;2*+1/p-3. The molecule has 25 heavy (non-hydrogen) atoms. The van der Waals surface area contributed by atoms with Crippen LogP contribution in [0, 0.1) is 0 Å². The molecule has 0 aliphatic carbocycles. The first kappa shape index (κ1) is 23.4. The molecule has 0 atom stereocenters. The molecule has 0 unspecified atom stereocenters. The fraction of sp³-hybridized carbons (Fsp3) is 0.100. The molecule has 0 aromatic heterocycles. The molecule has 0 bridgehead atoms. The normalized spacial score (nSPS) is 10.4. The molecular weight excluding hydrogens is 366 g/mol. The van der Waals surface area contributed by atoms with Crippen molar-refractivity contribution < 1.29 is 118 Å². The summed E-state index contributed by atoms with van der Waals surface area (Å²) in [6, 6.07) is 19.9. The molecule has 5 heteroatoms. The number of hydrogen-bond donors (Lipinski definition) is 0. The molecule has 0 N–H and O–H groups in total. The van der Waals surface area contributed by atoms with Crippen LogP contribution in [0.3, 0.4) is 0 Å². The van der Waals surface area contributed by atoms with Crippen molar-refractivity contribution in [3.05, 3.63) is 89.5 Å². The second-order valence-corrected chi connectivity index (χ2v) is 5.70. The summed E-state index contributed by atoms with van der Waals surface area (Å²) >= 11 is 0. The Balaban J connectivity index is 0.00000156. The van der Waals surface area contributed by atoms with Crippen LogP contribution in [0.5, 0.6) is 17.2 Å². The van der Waals surface area contributed by atoms with Gasteiger partial charge in [0, 0.05) is 5.41 Å². The van der Waals surface area contributed by atoms with E-state index in [2.05, 4.69) is 0 Å². The molecule has 116 valence electrons. The van der Waals surface area contributed by atoms with Crippen LogP contribution in [-0.4, -0.2) is 0 Å². The summed E-state index contributed by atoms with van der Waals surface area (Å²) in [5.74, 6) is -0.164. The van der Waals surface area contributed by atoms with E-state index < -0.39 is 5.41 Å². The van der Waals surface area contributed by atoms with Crippen molar-refractivity contribution in [2.75, 3.05) is 0 Å². The first-order chi connectivity index (χ1) is 11.0. The second-order valence-electron chi connectivity index (χ2n) is 5.70. The third-order valence-electron chi connectivity index (χ3n) is 4.29. The van der Waals surface area contributed by atoms with Gasteiger partial charge in [-0.25, -0.2) is 0 Å². The van der Waals surface area contributed by atoms with Gasteiger partial charge in [0.15, 0.2) is 0 Å². The van der Waals surface area contributed by atoms with Gasteiger partial charge in [0.1, 0.15) is 0 Å². The number of rotatable bonds is 3. The SMILES string of the molecule is CC(c1ccc([O-])cc1)(c1ccc([O-])cc1)c1ccc([O-])cc1.[K+].[K+]. The Labute approximate surface area is 233 Å². The molecule has 0 fully saturated rings. The molecule has 0 saturated carbocycles. The average molecular weight is 382 g/mol. The summed E-state index contributed by atoms with van der Waals surface area (Å²) in [5, 5.41) is 34.3. The van der Waals surface area contributed by atoms with Crippen LogP contribution in [0.15, 0.2) is 72.8 Å². The molecule has 3 nitrogen and oxygen atoms in total. The summed E-state index contributed by atoms with van der Waals surface area (Å²) in [7, 11) is 0. The molecule has 0 spiro atoms. The zero-order valence-electron chi connectivity index (χ0n) is 14.7. The van der Waals surface area contributed by atoms with Crippen molar-refractivity contribution in [2.45, 2.75) is 12.3 Å². The summed E-state index contributed by atoms with van der Waals surface area (Å²) in [6.45, 7) is 2.02. The molecular formula is C20H15K2O3-. The van der Waals surface area contributed by atoms with Crippen LogP contribution in [0.2, 0.25) is 0 Å². The summed E-state index contributed by atoms with van der Waals surface area (Å²) < 4.78 is 0. The Bertz CT molecular complexity index is 687. The van der Waals surface area contributed by atoms with Crippen molar-refractivity contribution in [1.82, 2.24) is 0 Å². The van der Waals surface area contributed by atoms with Crippen LogP contribution in [0.4, 0.5) is 0 Å². The number of hydrogen-bond acceptors (Lipinski definition) is 3. The smallest absolute Gasteiger partial charge is 0.872 e. The summed E-state index contributed by atoms with van der Waals surface area (Å²) in [4.78, 5) is 0. The van der Waals surface area contributed by atoms with E-state index in [1.54, 1.807) is 36.4 Å². The third kappa shape index (κ3) is 5.20. The van der Waals surface area contributed by atoms with Crippen LogP contribution >= 0.6 is 0 Å². The molecule has 0 aliphatic heterocycles. The van der Waals surface area contributed by atoms with Crippen LogP contribution < -0.4 is 118 Å². The zero-order chi connectivity index (χ0) is 16.4. The molecule has 3 aromatic carbocycles. The van der Waals surface area contributed by atoms with E-state index in [1.807, 2.05) is 6.92 Å². The third-order valence-corrected chi connectivity index (χ3v) is 4.29. The Morgan fingerprint density at radius 2 is 0.680 bits per heavy atom. The van der Waals surface area contributed by atoms with Crippen molar-refractivity contribution in [2.24, 2.45) is 0 Å². The summed E-state index contributed by atoms with van der Waals surface area (Å²) in [6.07, 6.45) is 0. The van der Waals surface area contributed by atoms with Crippen LogP contribution in [-0.2, 0) is 5.41 Å². The maximum Gasteiger partial charge on any atom is 1.00 e. The van der Waals surface area contributed by atoms with Gasteiger partial charge in [-0.15, -0.1) is 17.2 Å². The predicted molar refractivity (Wildman–Crippen MR) is 83.2 cm³/mol. The van der Waals surface area contributed by atoms with Crippen LogP contribution in [0.1, 0.15) is 23.6 Å². The molecule has 0 heterocycles. The predicted octanol–water partition coefficient (Wildman–Crippen LogP) is -3.73. The van der Waals surface area contributed by atoms with E-state index in [0.717, 1.165) is 16.7 Å². The Morgan fingerprint density at radius 3 is 0.880 bits per heavy atom. The maximum atomic E-state index is 11.4. The second kappa shape index (κ2) is 10.0. The zero-order valence-corrected chi connectivity index (χ0v) is 20.9. The topological polar surface area (TPSA) is 69.2 Å². The van der Waals surface area contributed by atoms with Crippen molar-refractivity contribution in [3.63, 3.8) is 0 Å². The molecule has 3 aromatic rings. The van der Waals surface area contributed by atoms with Gasteiger partial charge in [-0.3, -0.25) is 0 Å². The van der Waals surface area contributed by atoms with Gasteiger partial charge in [-0.05, 0) is 23.6 Å². The summed E-state index contributed by atoms with van der Waals surface area (Å²) in [5.41, 5.74) is 2.22. The van der Waals surface area contributed by atoms with Crippen LogP contribution in [0.25, 0.3) is 0 Å². The minimum atomic E-state index is -0.560. The van der Waals surface area contributed by atoms with Gasteiger partial charge in [-0.1, -0.05) is 72.8 Å². The van der Waals surface area contributed by atoms with Gasteiger partial charge in [0.05, 0.1) is 0 Å². The fourth-order valence-corrected chi connectivity index (χ4v) is 2.86. The Morgan fingerprint density at radius 1 is 0.480 bits per heavy atom. The molecule has 0 saturated heterocycles. The first-order valence-corrected chi connectivity index (χ1v) is 7.33. The van der Waals surface area contributed by atoms with Gasteiger partial charge >= 0.3 is 103 Å². The van der Waals surface area contributed by atoms with Gasteiger partial charge in [0.2, 0.25) is 0 Å². The molecule has 3 rings (SSSR count). The number of benzene rings is 3. The molecule has 0 amide bonds. The average Bonchev–Trinajstić information content (AvgIpc) is 2.56. The minimum absolute atomic E-state index is 0. The first-order valence-electron chi connectivity index (χ1n) is 7.33. The van der Waals surface area contributed by atoms with Gasteiger partial charge in [-0.2, -0.15) is 0 Å². The van der Waals surface area contributed by atoms with E-state index in [9.17, 15) is 15.3 Å². The van der Waals surface area contributed by atoms with Crippen molar-refractivity contribution in [1.29, 1.82) is 0 Å². The quantitative estimate of drug-likeness (QED) is 0.346. The van der Waals surface area contributed by atoms with Gasteiger partial charge in [0.25, 0.3) is 0 Å². The van der Waals surface area contributed by atoms with Crippen molar-refractivity contribution >= 4 is 0 Å². The monoisotopic (exact) mass is 381 g/mol. The minimum Gasteiger partial charge on any atom is -0.872 e.